The Balaban J connectivity index is 2.28. The molecule has 0 aromatic heterocycles. The molecule has 2 N–H and O–H groups in total. The lowest BCUT2D eigenvalue weighted by Gasteiger charge is -2.13. The molecule has 0 amide bonds. The predicted molar refractivity (Wildman–Crippen MR) is 111 cm³/mol. The highest BCUT2D eigenvalue weighted by Gasteiger charge is 2.13. The second-order valence-corrected chi connectivity index (χ2v) is 8.65. The third-order valence-electron chi connectivity index (χ3n) is 2.90. The van der Waals surface area contributed by atoms with Crippen molar-refractivity contribution in [1.29, 1.82) is 0 Å². The molecule has 2 aromatic carbocycles. The molecular formula is C15H10Br2I2O4. The van der Waals surface area contributed by atoms with Crippen LogP contribution in [0, 0.1) is 7.14 Å². The van der Waals surface area contributed by atoms with Crippen molar-refractivity contribution in [3.8, 4) is 17.2 Å². The quantitative estimate of drug-likeness (QED) is 0.388. The van der Waals surface area contributed by atoms with E-state index in [1.807, 2.05) is 57.3 Å². The van der Waals surface area contributed by atoms with Crippen LogP contribution in [-0.2, 0) is 11.2 Å². The normalized spacial score (nSPS) is 10.6. The van der Waals surface area contributed by atoms with Crippen molar-refractivity contribution in [3.63, 3.8) is 0 Å². The number of phenols is 1. The van der Waals surface area contributed by atoms with Crippen LogP contribution in [0.1, 0.15) is 12.0 Å². The number of benzene rings is 2. The third-order valence-corrected chi connectivity index (χ3v) is 5.72. The summed E-state index contributed by atoms with van der Waals surface area (Å²) in [6.45, 7) is 0. The molecule has 0 fully saturated rings. The van der Waals surface area contributed by atoms with Gasteiger partial charge in [0, 0.05) is 6.42 Å². The maximum Gasteiger partial charge on any atom is 0.303 e. The van der Waals surface area contributed by atoms with E-state index in [9.17, 15) is 9.90 Å². The number of aliphatic carboxylic acids is 1. The SMILES string of the molecule is O=C(O)CCc1cc(Br)c(Oc2cc(I)c(O)c(I)c2)c(Br)c1. The van der Waals surface area contributed by atoms with Crippen LogP contribution in [0.2, 0.25) is 0 Å². The first-order valence-corrected chi connectivity index (χ1v) is 10.1. The summed E-state index contributed by atoms with van der Waals surface area (Å²) < 4.78 is 8.77. The summed E-state index contributed by atoms with van der Waals surface area (Å²) in [5, 5.41) is 18.6. The Hall–Kier alpha value is -0.0700. The van der Waals surface area contributed by atoms with Crippen LogP contribution in [0.15, 0.2) is 33.2 Å². The van der Waals surface area contributed by atoms with E-state index in [2.05, 4.69) is 31.9 Å². The zero-order valence-electron chi connectivity index (χ0n) is 11.4. The predicted octanol–water partition coefficient (Wildman–Crippen LogP) is 5.94. The van der Waals surface area contributed by atoms with Crippen LogP contribution in [0.25, 0.3) is 0 Å². The van der Waals surface area contributed by atoms with Gasteiger partial charge < -0.3 is 14.9 Å². The second kappa shape index (κ2) is 8.34. The largest absolute Gasteiger partial charge is 0.506 e. The first kappa shape index (κ1) is 19.3. The monoisotopic (exact) mass is 666 g/mol. The molecule has 0 unspecified atom stereocenters. The zero-order valence-corrected chi connectivity index (χ0v) is 18.9. The van der Waals surface area contributed by atoms with Crippen LogP contribution < -0.4 is 4.74 Å². The van der Waals surface area contributed by atoms with E-state index in [-0.39, 0.29) is 12.2 Å². The highest BCUT2D eigenvalue weighted by atomic mass is 127. The lowest BCUT2D eigenvalue weighted by atomic mass is 10.1. The average Bonchev–Trinajstić information content (AvgIpc) is 2.46. The number of carboxylic acids is 1. The van der Waals surface area contributed by atoms with E-state index < -0.39 is 5.97 Å². The molecule has 0 aliphatic heterocycles. The van der Waals surface area contributed by atoms with Crippen molar-refractivity contribution in [1.82, 2.24) is 0 Å². The minimum atomic E-state index is -0.828. The smallest absolute Gasteiger partial charge is 0.303 e. The molecule has 8 heteroatoms. The van der Waals surface area contributed by atoms with E-state index in [0.29, 0.717) is 25.1 Å². The first-order chi connectivity index (χ1) is 10.8. The van der Waals surface area contributed by atoms with Crippen molar-refractivity contribution < 1.29 is 19.7 Å². The maximum atomic E-state index is 10.7. The molecular weight excluding hydrogens is 658 g/mol. The molecule has 23 heavy (non-hydrogen) atoms. The summed E-state index contributed by atoms with van der Waals surface area (Å²) in [5.41, 5.74) is 0.897. The maximum absolute atomic E-state index is 10.7. The average molecular weight is 668 g/mol. The van der Waals surface area contributed by atoms with Crippen LogP contribution in [0.5, 0.6) is 17.2 Å². The molecule has 2 aromatic rings. The second-order valence-electron chi connectivity index (χ2n) is 4.62. The Labute approximate surface area is 177 Å². The summed E-state index contributed by atoms with van der Waals surface area (Å²) in [6, 6.07) is 7.18. The molecule has 0 saturated carbocycles. The summed E-state index contributed by atoms with van der Waals surface area (Å²) in [5.74, 6) is 0.615. The summed E-state index contributed by atoms with van der Waals surface area (Å²) in [7, 11) is 0. The number of rotatable bonds is 5. The Morgan fingerprint density at radius 2 is 1.61 bits per heavy atom. The minimum absolute atomic E-state index is 0.0768. The summed E-state index contributed by atoms with van der Waals surface area (Å²) in [4.78, 5) is 10.7. The molecule has 4 nitrogen and oxygen atoms in total. The molecule has 0 spiro atoms. The van der Waals surface area contributed by atoms with Gasteiger partial charge in [0.2, 0.25) is 0 Å². The van der Waals surface area contributed by atoms with Gasteiger partial charge in [-0.15, -0.1) is 0 Å². The Bertz CT molecular complexity index is 719. The van der Waals surface area contributed by atoms with Crippen LogP contribution in [0.4, 0.5) is 0 Å². The van der Waals surface area contributed by atoms with Gasteiger partial charge in [-0.1, -0.05) is 0 Å². The Kier molecular flexibility index (Phi) is 6.99. The number of carboxylic acid groups (broad SMARTS) is 1. The van der Waals surface area contributed by atoms with E-state index in [1.54, 1.807) is 12.1 Å². The fourth-order valence-corrected chi connectivity index (χ4v) is 4.98. The number of aryl methyl sites for hydroxylation is 1. The van der Waals surface area contributed by atoms with Gasteiger partial charge in [0.05, 0.1) is 16.1 Å². The molecule has 122 valence electrons. The Morgan fingerprint density at radius 1 is 1.09 bits per heavy atom. The lowest BCUT2D eigenvalue weighted by molar-refractivity contribution is -0.136. The van der Waals surface area contributed by atoms with E-state index in [1.165, 1.54) is 0 Å². The third kappa shape index (κ3) is 5.20. The Morgan fingerprint density at radius 3 is 2.09 bits per heavy atom. The van der Waals surface area contributed by atoms with Crippen molar-refractivity contribution in [2.45, 2.75) is 12.8 Å². The van der Waals surface area contributed by atoms with Crippen LogP contribution in [-0.4, -0.2) is 16.2 Å². The van der Waals surface area contributed by atoms with Gasteiger partial charge in [0.15, 0.2) is 5.75 Å². The molecule has 0 bridgehead atoms. The highest BCUT2D eigenvalue weighted by Crippen LogP contribution is 2.40. The van der Waals surface area contributed by atoms with Crippen molar-refractivity contribution in [2.75, 3.05) is 0 Å². The molecule has 0 saturated heterocycles. The van der Waals surface area contributed by atoms with Crippen molar-refractivity contribution in [2.24, 2.45) is 0 Å². The molecule has 2 rings (SSSR count). The number of hydrogen-bond donors (Lipinski definition) is 2. The summed E-state index contributed by atoms with van der Waals surface area (Å²) in [6.07, 6.45) is 0.523. The van der Waals surface area contributed by atoms with Gasteiger partial charge in [-0.3, -0.25) is 4.79 Å². The van der Waals surface area contributed by atoms with Gasteiger partial charge >= 0.3 is 5.97 Å². The van der Waals surface area contributed by atoms with Gasteiger partial charge in [-0.2, -0.15) is 0 Å². The molecule has 0 aliphatic carbocycles. The van der Waals surface area contributed by atoms with Gasteiger partial charge in [0.1, 0.15) is 11.5 Å². The van der Waals surface area contributed by atoms with E-state index >= 15 is 0 Å². The van der Waals surface area contributed by atoms with Gasteiger partial charge in [0.25, 0.3) is 0 Å². The van der Waals surface area contributed by atoms with Gasteiger partial charge in [-0.05, 0) is 113 Å². The number of halogens is 4. The minimum Gasteiger partial charge on any atom is -0.506 e. The number of ether oxygens (including phenoxy) is 1. The molecule has 0 heterocycles. The van der Waals surface area contributed by atoms with Crippen molar-refractivity contribution >= 4 is 83.0 Å². The van der Waals surface area contributed by atoms with Crippen molar-refractivity contribution in [3.05, 3.63) is 45.9 Å². The number of aromatic hydroxyl groups is 1. The topological polar surface area (TPSA) is 66.8 Å². The molecule has 0 atom stereocenters. The van der Waals surface area contributed by atoms with Gasteiger partial charge in [-0.25, -0.2) is 0 Å². The van der Waals surface area contributed by atoms with E-state index in [0.717, 1.165) is 14.5 Å². The first-order valence-electron chi connectivity index (χ1n) is 6.33. The standard InChI is InChI=1S/C15H10Br2I2O4/c16-9-3-7(1-2-13(20)21)4-10(17)15(9)23-8-5-11(18)14(22)12(19)6-8/h3-6,22H,1-2H2,(H,20,21). The highest BCUT2D eigenvalue weighted by molar-refractivity contribution is 14.1. The fraction of sp³-hybridized carbons (Fsp3) is 0.133. The summed E-state index contributed by atoms with van der Waals surface area (Å²) >= 11 is 11.0. The molecule has 0 aliphatic rings. The zero-order chi connectivity index (χ0) is 17.1. The number of carbonyl (C=O) groups is 1. The van der Waals surface area contributed by atoms with E-state index in [4.69, 9.17) is 9.84 Å². The fourth-order valence-electron chi connectivity index (χ4n) is 1.82. The number of phenolic OH excluding ortho intramolecular Hbond substituents is 1. The molecule has 0 radical (unpaired) electrons. The van der Waals surface area contributed by atoms with Crippen LogP contribution in [0.3, 0.4) is 0 Å². The van der Waals surface area contributed by atoms with Crippen LogP contribution >= 0.6 is 77.0 Å². The lowest BCUT2D eigenvalue weighted by Crippen LogP contribution is -1.98. The number of hydrogen-bond acceptors (Lipinski definition) is 3.